The Bertz CT molecular complexity index is 1560. The van der Waals surface area contributed by atoms with E-state index in [1.807, 2.05) is 0 Å². The van der Waals surface area contributed by atoms with E-state index in [1.165, 1.54) is 141 Å². The average Bonchev–Trinajstić information content (AvgIpc) is 3.43. The van der Waals surface area contributed by atoms with Crippen molar-refractivity contribution in [3.8, 4) is 0 Å². The predicted octanol–water partition coefficient (Wildman–Crippen LogP) is 22.2. The molecule has 0 rings (SSSR count). The molecule has 0 aromatic heterocycles. The number of hydrogen-bond acceptors (Lipinski definition) is 6. The maximum atomic E-state index is 12.9. The van der Waals surface area contributed by atoms with Crippen LogP contribution < -0.4 is 0 Å². The summed E-state index contributed by atoms with van der Waals surface area (Å²) in [5.41, 5.74) is 0. The number of unbranched alkanes of at least 4 members (excludes halogenated alkanes) is 29. The van der Waals surface area contributed by atoms with E-state index in [-0.39, 0.29) is 31.1 Å². The highest BCUT2D eigenvalue weighted by molar-refractivity contribution is 5.71. The Hall–Kier alpha value is -3.93. The van der Waals surface area contributed by atoms with Crippen LogP contribution in [-0.2, 0) is 28.6 Å². The standard InChI is InChI=1S/C71H120O6/c1-4-7-10-13-16-19-22-25-27-29-31-33-34-35-36-38-39-41-43-46-49-52-55-58-61-64-70(73)76-67-68(66-75-69(72)63-60-57-54-51-48-45-24-21-18-15-12-9-6-3)77-71(74)65-62-59-56-53-50-47-44-42-40-37-32-30-28-26-23-20-17-14-11-8-5-2/h7,9-10,12,16,18-19,21,25,27,30-33,35-36,45,48,68H,4-6,8,11,13-15,17,20,22-24,26,28-29,34,37-44,46-47,49-67H2,1-3H3/b10-7-,12-9-,19-16-,21-18-,27-25-,32-30-,33-31-,36-35-,48-45-. The van der Waals surface area contributed by atoms with E-state index in [0.717, 1.165) is 122 Å². The van der Waals surface area contributed by atoms with E-state index >= 15 is 0 Å². The minimum atomic E-state index is -0.797. The lowest BCUT2D eigenvalue weighted by Gasteiger charge is -2.18. The van der Waals surface area contributed by atoms with E-state index in [9.17, 15) is 14.4 Å². The number of rotatable bonds is 58. The molecular formula is C71H120O6. The normalized spacial score (nSPS) is 12.8. The number of ether oxygens (including phenoxy) is 3. The zero-order chi connectivity index (χ0) is 55.7. The van der Waals surface area contributed by atoms with Gasteiger partial charge in [-0.2, -0.15) is 0 Å². The molecule has 6 nitrogen and oxygen atoms in total. The molecule has 0 heterocycles. The molecule has 0 saturated heterocycles. The zero-order valence-corrected chi connectivity index (χ0v) is 50.4. The molecule has 1 atom stereocenters. The van der Waals surface area contributed by atoms with Gasteiger partial charge < -0.3 is 14.2 Å². The van der Waals surface area contributed by atoms with Crippen molar-refractivity contribution in [1.29, 1.82) is 0 Å². The topological polar surface area (TPSA) is 78.9 Å². The molecule has 0 saturated carbocycles. The van der Waals surface area contributed by atoms with Crippen molar-refractivity contribution < 1.29 is 28.6 Å². The lowest BCUT2D eigenvalue weighted by Crippen LogP contribution is -2.30. The second-order valence-electron chi connectivity index (χ2n) is 21.3. The van der Waals surface area contributed by atoms with Gasteiger partial charge in [0.15, 0.2) is 6.10 Å². The highest BCUT2D eigenvalue weighted by atomic mass is 16.6. The van der Waals surface area contributed by atoms with Gasteiger partial charge >= 0.3 is 17.9 Å². The van der Waals surface area contributed by atoms with Gasteiger partial charge in [-0.25, -0.2) is 0 Å². The maximum Gasteiger partial charge on any atom is 0.306 e. The van der Waals surface area contributed by atoms with Crippen LogP contribution in [0.4, 0.5) is 0 Å². The molecule has 0 aromatic carbocycles. The molecule has 0 fully saturated rings. The Morgan fingerprint density at radius 3 is 0.818 bits per heavy atom. The highest BCUT2D eigenvalue weighted by Crippen LogP contribution is 2.16. The molecule has 0 radical (unpaired) electrons. The van der Waals surface area contributed by atoms with Crippen molar-refractivity contribution in [3.05, 3.63) is 109 Å². The first-order valence-electron chi connectivity index (χ1n) is 32.4. The van der Waals surface area contributed by atoms with Gasteiger partial charge in [0.2, 0.25) is 0 Å². The summed E-state index contributed by atoms with van der Waals surface area (Å²) in [5.74, 6) is -0.922. The van der Waals surface area contributed by atoms with Gasteiger partial charge in [0, 0.05) is 19.3 Å². The van der Waals surface area contributed by atoms with E-state index in [4.69, 9.17) is 14.2 Å². The second kappa shape index (κ2) is 64.6. The van der Waals surface area contributed by atoms with Crippen molar-refractivity contribution in [1.82, 2.24) is 0 Å². The summed E-state index contributed by atoms with van der Waals surface area (Å²) in [6.07, 6.45) is 88.1. The smallest absolute Gasteiger partial charge is 0.306 e. The molecule has 0 bridgehead atoms. The quantitative estimate of drug-likeness (QED) is 0.0261. The van der Waals surface area contributed by atoms with Crippen LogP contribution >= 0.6 is 0 Å². The van der Waals surface area contributed by atoms with Crippen LogP contribution in [0.25, 0.3) is 0 Å². The van der Waals surface area contributed by atoms with Gasteiger partial charge in [0.25, 0.3) is 0 Å². The van der Waals surface area contributed by atoms with Crippen molar-refractivity contribution in [2.75, 3.05) is 13.2 Å². The lowest BCUT2D eigenvalue weighted by atomic mass is 10.1. The molecule has 0 N–H and O–H groups in total. The third kappa shape index (κ3) is 62.8. The van der Waals surface area contributed by atoms with Crippen LogP contribution in [0.1, 0.15) is 303 Å². The van der Waals surface area contributed by atoms with Crippen LogP contribution in [0.5, 0.6) is 0 Å². The van der Waals surface area contributed by atoms with Crippen LogP contribution in [-0.4, -0.2) is 37.2 Å². The molecule has 0 aromatic rings. The average molecular weight is 1070 g/mol. The minimum absolute atomic E-state index is 0.0918. The molecule has 0 aliphatic heterocycles. The molecule has 6 heteroatoms. The number of carbonyl (C=O) groups is 3. The summed E-state index contributed by atoms with van der Waals surface area (Å²) in [7, 11) is 0. The molecule has 0 spiro atoms. The Balaban J connectivity index is 4.35. The summed E-state index contributed by atoms with van der Waals surface area (Å²) in [4.78, 5) is 38.3. The minimum Gasteiger partial charge on any atom is -0.462 e. The van der Waals surface area contributed by atoms with Crippen molar-refractivity contribution in [3.63, 3.8) is 0 Å². The number of hydrogen-bond donors (Lipinski definition) is 0. The first-order valence-corrected chi connectivity index (χ1v) is 32.4. The van der Waals surface area contributed by atoms with Crippen LogP contribution in [0.15, 0.2) is 109 Å². The fourth-order valence-electron chi connectivity index (χ4n) is 8.95. The van der Waals surface area contributed by atoms with Crippen molar-refractivity contribution >= 4 is 17.9 Å². The molecular weight excluding hydrogens is 949 g/mol. The second-order valence-corrected chi connectivity index (χ2v) is 21.3. The molecule has 0 aliphatic rings. The van der Waals surface area contributed by atoms with Crippen molar-refractivity contribution in [2.45, 2.75) is 309 Å². The summed E-state index contributed by atoms with van der Waals surface area (Å²) < 4.78 is 16.9. The van der Waals surface area contributed by atoms with E-state index in [1.54, 1.807) is 0 Å². The molecule has 0 amide bonds. The third-order valence-corrected chi connectivity index (χ3v) is 13.7. The number of carbonyl (C=O) groups excluding carboxylic acids is 3. The van der Waals surface area contributed by atoms with Gasteiger partial charge in [0.1, 0.15) is 13.2 Å². The van der Waals surface area contributed by atoms with Gasteiger partial charge in [-0.1, -0.05) is 271 Å². The Labute approximate surface area is 476 Å². The highest BCUT2D eigenvalue weighted by Gasteiger charge is 2.19. The Morgan fingerprint density at radius 1 is 0.273 bits per heavy atom. The van der Waals surface area contributed by atoms with E-state index in [2.05, 4.69) is 130 Å². The largest absolute Gasteiger partial charge is 0.462 e. The van der Waals surface area contributed by atoms with Gasteiger partial charge in [-0.3, -0.25) is 14.4 Å². The van der Waals surface area contributed by atoms with Crippen LogP contribution in [0.3, 0.4) is 0 Å². The fraction of sp³-hybridized carbons (Fsp3) is 0.704. The molecule has 440 valence electrons. The first kappa shape index (κ1) is 73.1. The third-order valence-electron chi connectivity index (χ3n) is 13.7. The maximum absolute atomic E-state index is 12.9. The Kier molecular flexibility index (Phi) is 61.3. The van der Waals surface area contributed by atoms with Gasteiger partial charge in [0.05, 0.1) is 0 Å². The summed E-state index contributed by atoms with van der Waals surface area (Å²) in [6, 6.07) is 0. The summed E-state index contributed by atoms with van der Waals surface area (Å²) in [6.45, 7) is 6.40. The predicted molar refractivity (Wildman–Crippen MR) is 334 cm³/mol. The molecule has 0 aliphatic carbocycles. The van der Waals surface area contributed by atoms with Gasteiger partial charge in [-0.05, 0) is 122 Å². The summed E-state index contributed by atoms with van der Waals surface area (Å²) in [5, 5.41) is 0. The van der Waals surface area contributed by atoms with E-state index in [0.29, 0.717) is 19.3 Å². The fourth-order valence-corrected chi connectivity index (χ4v) is 8.95. The van der Waals surface area contributed by atoms with Crippen LogP contribution in [0.2, 0.25) is 0 Å². The molecule has 77 heavy (non-hydrogen) atoms. The van der Waals surface area contributed by atoms with Crippen molar-refractivity contribution in [2.24, 2.45) is 0 Å². The number of allylic oxidation sites excluding steroid dienone is 18. The SMILES string of the molecule is CC/C=C\C/C=C\C/C=C\C/C=C\C/C=C\CCCCCCCCCCCC(=O)OCC(COC(=O)CCCCC/C=C\C/C=C\C/C=C\CC)OC(=O)CCCCCCCCCCC/C=C\CCCCCCCCCC. The number of esters is 3. The van der Waals surface area contributed by atoms with Gasteiger partial charge in [-0.15, -0.1) is 0 Å². The summed E-state index contributed by atoms with van der Waals surface area (Å²) >= 11 is 0. The van der Waals surface area contributed by atoms with Crippen LogP contribution in [0, 0.1) is 0 Å². The van der Waals surface area contributed by atoms with E-state index < -0.39 is 6.10 Å². The first-order chi connectivity index (χ1) is 38.0. The monoisotopic (exact) mass is 1070 g/mol. The molecule has 1 unspecified atom stereocenters. The zero-order valence-electron chi connectivity index (χ0n) is 50.4. The lowest BCUT2D eigenvalue weighted by molar-refractivity contribution is -0.167. The Morgan fingerprint density at radius 2 is 0.506 bits per heavy atom.